The highest BCUT2D eigenvalue weighted by atomic mass is 35.5. The van der Waals surface area contributed by atoms with Crippen molar-refractivity contribution >= 4 is 23.4 Å². The zero-order valence-electron chi connectivity index (χ0n) is 13.8. The molecule has 2 aliphatic heterocycles. The molecule has 0 aromatic heterocycles. The summed E-state index contributed by atoms with van der Waals surface area (Å²) in [6.45, 7) is 0.733. The molecule has 9 heteroatoms. The fourth-order valence-electron chi connectivity index (χ4n) is 3.37. The molecule has 3 rings (SSSR count). The van der Waals surface area contributed by atoms with Crippen molar-refractivity contribution in [3.63, 3.8) is 0 Å². The van der Waals surface area contributed by atoms with Crippen LogP contribution in [0.3, 0.4) is 0 Å². The van der Waals surface area contributed by atoms with Crippen molar-refractivity contribution in [2.75, 3.05) is 26.2 Å². The van der Waals surface area contributed by atoms with Gasteiger partial charge < -0.3 is 14.5 Å². The molecule has 0 aliphatic carbocycles. The Balaban J connectivity index is 1.70. The maximum absolute atomic E-state index is 12.8. The highest BCUT2D eigenvalue weighted by Crippen LogP contribution is 2.29. The molecule has 2 atom stereocenters. The summed E-state index contributed by atoms with van der Waals surface area (Å²) >= 11 is 5.86. The molecule has 0 spiro atoms. The van der Waals surface area contributed by atoms with Gasteiger partial charge in [-0.3, -0.25) is 9.59 Å². The van der Waals surface area contributed by atoms with Crippen molar-refractivity contribution in [3.8, 4) is 0 Å². The maximum atomic E-state index is 12.8. The Bertz CT molecular complexity index is 681. The van der Waals surface area contributed by atoms with E-state index in [1.54, 1.807) is 24.3 Å². The van der Waals surface area contributed by atoms with Crippen LogP contribution < -0.4 is 0 Å². The number of nitrogens with zero attached hydrogens (tertiary/aromatic N) is 2. The van der Waals surface area contributed by atoms with Crippen LogP contribution in [-0.4, -0.2) is 60.1 Å². The van der Waals surface area contributed by atoms with Crippen LogP contribution in [0.1, 0.15) is 24.5 Å². The quantitative estimate of drug-likeness (QED) is 0.780. The van der Waals surface area contributed by atoms with Gasteiger partial charge in [0.15, 0.2) is 0 Å². The maximum Gasteiger partial charge on any atom is 0.471 e. The van der Waals surface area contributed by atoms with E-state index in [0.717, 1.165) is 5.56 Å². The van der Waals surface area contributed by atoms with Gasteiger partial charge in [0.1, 0.15) is 12.1 Å². The Morgan fingerprint density at radius 2 is 1.85 bits per heavy atom. The first-order chi connectivity index (χ1) is 12.3. The predicted molar refractivity (Wildman–Crippen MR) is 87.5 cm³/mol. The minimum Gasteiger partial charge on any atom is -0.370 e. The number of carbonyl (C=O) groups excluding carboxylic acids is 2. The fraction of sp³-hybridized carbons (Fsp3) is 0.529. The molecule has 2 heterocycles. The molecule has 2 amide bonds. The van der Waals surface area contributed by atoms with Gasteiger partial charge in [0, 0.05) is 18.1 Å². The SMILES string of the molecule is O=C(C1CCCN1C(=O)C(F)(F)F)N1CCOC(c2ccc(Cl)cc2)C1. The van der Waals surface area contributed by atoms with Crippen LogP contribution in [0.5, 0.6) is 0 Å². The number of rotatable bonds is 2. The molecule has 142 valence electrons. The van der Waals surface area contributed by atoms with Crippen molar-refractivity contribution < 1.29 is 27.5 Å². The number of hydrogen-bond donors (Lipinski definition) is 0. The van der Waals surface area contributed by atoms with Crippen molar-refractivity contribution in [2.24, 2.45) is 0 Å². The minimum atomic E-state index is -4.97. The Morgan fingerprint density at radius 1 is 1.15 bits per heavy atom. The van der Waals surface area contributed by atoms with Crippen molar-refractivity contribution in [1.29, 1.82) is 0 Å². The summed E-state index contributed by atoms with van der Waals surface area (Å²) in [5, 5.41) is 0.574. The van der Waals surface area contributed by atoms with Crippen LogP contribution in [0.2, 0.25) is 5.02 Å². The monoisotopic (exact) mass is 390 g/mol. The van der Waals surface area contributed by atoms with E-state index in [1.807, 2.05) is 0 Å². The predicted octanol–water partition coefficient (Wildman–Crippen LogP) is 2.79. The topological polar surface area (TPSA) is 49.9 Å². The summed E-state index contributed by atoms with van der Waals surface area (Å²) < 4.78 is 43.9. The molecule has 0 bridgehead atoms. The Kier molecular flexibility index (Phi) is 5.43. The molecule has 2 saturated heterocycles. The van der Waals surface area contributed by atoms with E-state index in [1.165, 1.54) is 4.90 Å². The molecule has 2 unspecified atom stereocenters. The highest BCUT2D eigenvalue weighted by Gasteiger charge is 2.48. The second-order valence-electron chi connectivity index (χ2n) is 6.35. The standard InChI is InChI=1S/C17H18ClF3N2O3/c18-12-5-3-11(4-6-12)14-10-22(8-9-26-14)15(24)13-2-1-7-23(13)16(25)17(19,20)21/h3-6,13-14H,1-2,7-10H2. The molecular formula is C17H18ClF3N2O3. The van der Waals surface area contributed by atoms with E-state index in [4.69, 9.17) is 16.3 Å². The van der Waals surface area contributed by atoms with Crippen molar-refractivity contribution in [3.05, 3.63) is 34.9 Å². The third kappa shape index (κ3) is 3.96. The van der Waals surface area contributed by atoms with Gasteiger partial charge in [0.05, 0.1) is 13.2 Å². The first kappa shape index (κ1) is 19.0. The first-order valence-corrected chi connectivity index (χ1v) is 8.69. The van der Waals surface area contributed by atoms with Crippen LogP contribution >= 0.6 is 11.6 Å². The normalized spacial score (nSPS) is 24.0. The summed E-state index contributed by atoms with van der Waals surface area (Å²) in [5.41, 5.74) is 0.835. The van der Waals surface area contributed by atoms with Crippen LogP contribution in [0, 0.1) is 0 Å². The Hall–Kier alpha value is -1.80. The summed E-state index contributed by atoms with van der Waals surface area (Å²) in [6, 6.07) is 5.93. The number of halogens is 4. The van der Waals surface area contributed by atoms with Gasteiger partial charge in [-0.2, -0.15) is 13.2 Å². The van der Waals surface area contributed by atoms with Crippen LogP contribution in [0.25, 0.3) is 0 Å². The lowest BCUT2D eigenvalue weighted by Gasteiger charge is -2.36. The fourth-order valence-corrected chi connectivity index (χ4v) is 3.49. The number of morpholine rings is 1. The second-order valence-corrected chi connectivity index (χ2v) is 6.79. The average Bonchev–Trinajstić information content (AvgIpc) is 3.09. The zero-order valence-corrected chi connectivity index (χ0v) is 14.6. The van der Waals surface area contributed by atoms with E-state index in [-0.39, 0.29) is 38.8 Å². The molecule has 1 aromatic rings. The average molecular weight is 391 g/mol. The van der Waals surface area contributed by atoms with E-state index in [0.29, 0.717) is 16.3 Å². The Labute approximate surface area is 153 Å². The summed E-state index contributed by atoms with van der Waals surface area (Å²) in [6.07, 6.45) is -4.73. The summed E-state index contributed by atoms with van der Waals surface area (Å²) in [5.74, 6) is -2.40. The van der Waals surface area contributed by atoms with Gasteiger partial charge in [-0.05, 0) is 30.5 Å². The van der Waals surface area contributed by atoms with Crippen molar-refractivity contribution in [2.45, 2.75) is 31.2 Å². The van der Waals surface area contributed by atoms with E-state index in [9.17, 15) is 22.8 Å². The number of benzene rings is 1. The van der Waals surface area contributed by atoms with Crippen LogP contribution in [0.15, 0.2) is 24.3 Å². The van der Waals surface area contributed by atoms with Crippen LogP contribution in [0.4, 0.5) is 13.2 Å². The number of likely N-dealkylation sites (tertiary alicyclic amines) is 1. The highest BCUT2D eigenvalue weighted by molar-refractivity contribution is 6.30. The van der Waals surface area contributed by atoms with Gasteiger partial charge in [-0.25, -0.2) is 0 Å². The smallest absolute Gasteiger partial charge is 0.370 e. The van der Waals surface area contributed by atoms with Gasteiger partial charge in [-0.1, -0.05) is 23.7 Å². The minimum absolute atomic E-state index is 0.0559. The molecule has 2 fully saturated rings. The lowest BCUT2D eigenvalue weighted by atomic mass is 10.1. The number of amides is 2. The molecule has 0 radical (unpaired) electrons. The summed E-state index contributed by atoms with van der Waals surface area (Å²) in [7, 11) is 0. The molecule has 5 nitrogen and oxygen atoms in total. The molecule has 1 aromatic carbocycles. The van der Waals surface area contributed by atoms with Gasteiger partial charge in [0.2, 0.25) is 5.91 Å². The second kappa shape index (κ2) is 7.44. The first-order valence-electron chi connectivity index (χ1n) is 8.31. The van der Waals surface area contributed by atoms with Gasteiger partial charge in [0.25, 0.3) is 0 Å². The third-order valence-electron chi connectivity index (χ3n) is 4.66. The molecule has 0 saturated carbocycles. The third-order valence-corrected chi connectivity index (χ3v) is 4.91. The van der Waals surface area contributed by atoms with Crippen LogP contribution in [-0.2, 0) is 14.3 Å². The number of carbonyl (C=O) groups is 2. The van der Waals surface area contributed by atoms with Gasteiger partial charge in [-0.15, -0.1) is 0 Å². The lowest BCUT2D eigenvalue weighted by Crippen LogP contribution is -2.53. The number of alkyl halides is 3. The Morgan fingerprint density at radius 3 is 2.50 bits per heavy atom. The molecule has 2 aliphatic rings. The molecule has 0 N–H and O–H groups in total. The molecule has 26 heavy (non-hydrogen) atoms. The van der Waals surface area contributed by atoms with E-state index >= 15 is 0 Å². The van der Waals surface area contributed by atoms with E-state index in [2.05, 4.69) is 0 Å². The lowest BCUT2D eigenvalue weighted by molar-refractivity contribution is -0.187. The van der Waals surface area contributed by atoms with Crippen molar-refractivity contribution in [1.82, 2.24) is 9.80 Å². The largest absolute Gasteiger partial charge is 0.471 e. The zero-order chi connectivity index (χ0) is 18.9. The number of ether oxygens (including phenoxy) is 1. The van der Waals surface area contributed by atoms with E-state index < -0.39 is 24.0 Å². The number of hydrogen-bond acceptors (Lipinski definition) is 3. The summed E-state index contributed by atoms with van der Waals surface area (Å²) in [4.78, 5) is 26.5. The molecular weight excluding hydrogens is 373 g/mol. The van der Waals surface area contributed by atoms with Gasteiger partial charge >= 0.3 is 12.1 Å².